The number of hydrogen-bond acceptors (Lipinski definition) is 2. The molecule has 0 bridgehead atoms. The minimum Gasteiger partial charge on any atom is -0.163 e. The maximum atomic E-state index is 4.15. The van der Waals surface area contributed by atoms with Crippen LogP contribution in [0, 0.1) is 10.8 Å². The number of nitrogens with zero attached hydrogens (tertiary/aromatic N) is 2. The zero-order valence-corrected chi connectivity index (χ0v) is 7.97. The summed E-state index contributed by atoms with van der Waals surface area (Å²) in [6, 6.07) is 0. The van der Waals surface area contributed by atoms with Crippen molar-refractivity contribution in [2.24, 2.45) is 21.0 Å². The first-order valence-corrected chi connectivity index (χ1v) is 3.97. The van der Waals surface area contributed by atoms with Crippen LogP contribution in [0.2, 0.25) is 0 Å². The van der Waals surface area contributed by atoms with Gasteiger partial charge in [0.05, 0.1) is 5.71 Å². The van der Waals surface area contributed by atoms with Crippen LogP contribution in [0.5, 0.6) is 0 Å². The van der Waals surface area contributed by atoms with E-state index in [1.807, 2.05) is 6.21 Å². The van der Waals surface area contributed by atoms with E-state index in [2.05, 4.69) is 44.8 Å². The van der Waals surface area contributed by atoms with Gasteiger partial charge in [0.1, 0.15) is 0 Å². The number of rotatable bonds is 0. The second-order valence-electron chi connectivity index (χ2n) is 4.66. The summed E-state index contributed by atoms with van der Waals surface area (Å²) in [5.74, 6) is 0. The standard InChI is InChI=1S/C9H16N2/c1-8(2,3)7-9(4,5)6-10-11-7/h6H,1-5H3. The summed E-state index contributed by atoms with van der Waals surface area (Å²) in [5, 5.41) is 8.09. The van der Waals surface area contributed by atoms with E-state index in [0.717, 1.165) is 0 Å². The predicted octanol–water partition coefficient (Wildman–Crippen LogP) is 2.50. The molecule has 62 valence electrons. The molecule has 0 aromatic rings. The second kappa shape index (κ2) is 2.16. The highest BCUT2D eigenvalue weighted by molar-refractivity contribution is 6.07. The Morgan fingerprint density at radius 1 is 1.27 bits per heavy atom. The molecule has 0 saturated carbocycles. The zero-order valence-electron chi connectivity index (χ0n) is 7.97. The molecule has 2 heteroatoms. The largest absolute Gasteiger partial charge is 0.163 e. The van der Waals surface area contributed by atoms with Crippen molar-refractivity contribution in [2.75, 3.05) is 0 Å². The molecular weight excluding hydrogens is 136 g/mol. The lowest BCUT2D eigenvalue weighted by molar-refractivity contribution is 0.536. The summed E-state index contributed by atoms with van der Waals surface area (Å²) >= 11 is 0. The van der Waals surface area contributed by atoms with Gasteiger partial charge in [0.2, 0.25) is 0 Å². The highest BCUT2D eigenvalue weighted by atomic mass is 15.2. The van der Waals surface area contributed by atoms with Gasteiger partial charge in [-0.1, -0.05) is 20.8 Å². The maximum absolute atomic E-state index is 4.15. The van der Waals surface area contributed by atoms with Crippen molar-refractivity contribution in [1.82, 2.24) is 0 Å². The van der Waals surface area contributed by atoms with E-state index < -0.39 is 0 Å². The van der Waals surface area contributed by atoms with Gasteiger partial charge in [-0.2, -0.15) is 10.2 Å². The monoisotopic (exact) mass is 152 g/mol. The van der Waals surface area contributed by atoms with Crippen LogP contribution in [0.4, 0.5) is 0 Å². The van der Waals surface area contributed by atoms with Crippen molar-refractivity contribution in [3.05, 3.63) is 0 Å². The van der Waals surface area contributed by atoms with Gasteiger partial charge in [-0.3, -0.25) is 0 Å². The minimum atomic E-state index is 0.0538. The van der Waals surface area contributed by atoms with Crippen molar-refractivity contribution in [3.63, 3.8) is 0 Å². The van der Waals surface area contributed by atoms with Gasteiger partial charge in [0, 0.05) is 17.0 Å². The normalized spacial score (nSPS) is 22.1. The summed E-state index contributed by atoms with van der Waals surface area (Å²) in [6.07, 6.45) is 1.91. The first-order valence-electron chi connectivity index (χ1n) is 3.97. The summed E-state index contributed by atoms with van der Waals surface area (Å²) in [6.45, 7) is 10.8. The average Bonchev–Trinajstić information content (AvgIpc) is 2.06. The van der Waals surface area contributed by atoms with Gasteiger partial charge >= 0.3 is 0 Å². The van der Waals surface area contributed by atoms with Gasteiger partial charge in [0.25, 0.3) is 0 Å². The van der Waals surface area contributed by atoms with Crippen LogP contribution in [0.1, 0.15) is 34.6 Å². The molecule has 0 amide bonds. The fraction of sp³-hybridized carbons (Fsp3) is 0.778. The molecule has 0 saturated heterocycles. The Bertz CT molecular complexity index is 216. The molecule has 2 nitrogen and oxygen atoms in total. The van der Waals surface area contributed by atoms with Crippen LogP contribution in [0.15, 0.2) is 10.2 Å². The molecule has 0 N–H and O–H groups in total. The predicted molar refractivity (Wildman–Crippen MR) is 49.2 cm³/mol. The molecule has 0 atom stereocenters. The molecule has 1 heterocycles. The van der Waals surface area contributed by atoms with E-state index >= 15 is 0 Å². The van der Waals surface area contributed by atoms with Gasteiger partial charge in [-0.15, -0.1) is 0 Å². The Hall–Kier alpha value is -0.660. The average molecular weight is 152 g/mol. The maximum Gasteiger partial charge on any atom is 0.0569 e. The SMILES string of the molecule is CC(C)(C)C1=NN=CC1(C)C. The van der Waals surface area contributed by atoms with Crippen molar-refractivity contribution >= 4 is 11.9 Å². The molecule has 11 heavy (non-hydrogen) atoms. The quantitative estimate of drug-likeness (QED) is 0.509. The van der Waals surface area contributed by atoms with Gasteiger partial charge in [-0.25, -0.2) is 0 Å². The minimum absolute atomic E-state index is 0.0538. The molecule has 0 radical (unpaired) electrons. The topological polar surface area (TPSA) is 24.7 Å². The fourth-order valence-corrected chi connectivity index (χ4v) is 1.54. The van der Waals surface area contributed by atoms with Crippen molar-refractivity contribution in [2.45, 2.75) is 34.6 Å². The molecule has 1 aliphatic rings. The zero-order chi connectivity index (χ0) is 8.70. The van der Waals surface area contributed by atoms with E-state index in [0.29, 0.717) is 0 Å². The smallest absolute Gasteiger partial charge is 0.0569 e. The van der Waals surface area contributed by atoms with Gasteiger partial charge in [0.15, 0.2) is 0 Å². The number of hydrogen-bond donors (Lipinski definition) is 0. The first-order chi connectivity index (χ1) is 4.84. The van der Waals surface area contributed by atoms with E-state index in [9.17, 15) is 0 Å². The van der Waals surface area contributed by atoms with Crippen LogP contribution in [0.3, 0.4) is 0 Å². The highest BCUT2D eigenvalue weighted by Crippen LogP contribution is 2.31. The Balaban J connectivity index is 2.94. The summed E-state index contributed by atoms with van der Waals surface area (Å²) < 4.78 is 0. The second-order valence-corrected chi connectivity index (χ2v) is 4.66. The fourth-order valence-electron chi connectivity index (χ4n) is 1.54. The Labute approximate surface area is 68.4 Å². The Kier molecular flexibility index (Phi) is 1.66. The lowest BCUT2D eigenvalue weighted by Crippen LogP contribution is -2.33. The Morgan fingerprint density at radius 2 is 1.82 bits per heavy atom. The van der Waals surface area contributed by atoms with Crippen LogP contribution in [0.25, 0.3) is 0 Å². The summed E-state index contributed by atoms with van der Waals surface area (Å²) in [5.41, 5.74) is 1.36. The van der Waals surface area contributed by atoms with E-state index in [1.54, 1.807) is 0 Å². The molecular formula is C9H16N2. The van der Waals surface area contributed by atoms with Crippen LogP contribution >= 0.6 is 0 Å². The first kappa shape index (κ1) is 8.44. The molecule has 1 aliphatic heterocycles. The van der Waals surface area contributed by atoms with Crippen LogP contribution in [-0.4, -0.2) is 11.9 Å². The molecule has 0 fully saturated rings. The Morgan fingerprint density at radius 3 is 2.00 bits per heavy atom. The summed E-state index contributed by atoms with van der Waals surface area (Å²) in [4.78, 5) is 0. The van der Waals surface area contributed by atoms with Crippen molar-refractivity contribution in [1.29, 1.82) is 0 Å². The molecule has 0 aromatic heterocycles. The molecule has 0 aliphatic carbocycles. The van der Waals surface area contributed by atoms with Crippen LogP contribution in [-0.2, 0) is 0 Å². The van der Waals surface area contributed by atoms with E-state index in [1.165, 1.54) is 5.71 Å². The third-order valence-electron chi connectivity index (χ3n) is 1.86. The summed E-state index contributed by atoms with van der Waals surface area (Å²) in [7, 11) is 0. The van der Waals surface area contributed by atoms with Crippen LogP contribution < -0.4 is 0 Å². The molecule has 0 aromatic carbocycles. The van der Waals surface area contributed by atoms with Crippen molar-refractivity contribution in [3.8, 4) is 0 Å². The lowest BCUT2D eigenvalue weighted by Gasteiger charge is -2.27. The van der Waals surface area contributed by atoms with E-state index in [4.69, 9.17) is 0 Å². The third-order valence-corrected chi connectivity index (χ3v) is 1.86. The lowest BCUT2D eigenvalue weighted by atomic mass is 9.75. The van der Waals surface area contributed by atoms with Gasteiger partial charge in [-0.05, 0) is 13.8 Å². The van der Waals surface area contributed by atoms with E-state index in [-0.39, 0.29) is 10.8 Å². The highest BCUT2D eigenvalue weighted by Gasteiger charge is 2.35. The molecule has 0 spiro atoms. The third kappa shape index (κ3) is 1.50. The van der Waals surface area contributed by atoms with Gasteiger partial charge < -0.3 is 0 Å². The van der Waals surface area contributed by atoms with Crippen molar-refractivity contribution < 1.29 is 0 Å². The molecule has 1 rings (SSSR count). The molecule has 0 unspecified atom stereocenters.